The van der Waals surface area contributed by atoms with Gasteiger partial charge in [-0.05, 0) is 54.7 Å². The number of aliphatic hydroxyl groups is 1. The first-order chi connectivity index (χ1) is 9.86. The normalized spacial score (nSPS) is 22.9. The van der Waals surface area contributed by atoms with Crippen molar-refractivity contribution in [2.45, 2.75) is 58.0 Å². The number of nitrogens with one attached hydrogen (secondary N) is 1. The molecule has 2 N–H and O–H groups in total. The largest absolute Gasteiger partial charge is 0.393 e. The second kappa shape index (κ2) is 6.61. The van der Waals surface area contributed by atoms with Crippen LogP contribution in [0.1, 0.15) is 62.4 Å². The van der Waals surface area contributed by atoms with Gasteiger partial charge in [0.2, 0.25) is 0 Å². The third kappa shape index (κ3) is 4.57. The summed E-state index contributed by atoms with van der Waals surface area (Å²) in [5, 5.41) is 12.5. The van der Waals surface area contributed by atoms with E-state index >= 15 is 0 Å². The van der Waals surface area contributed by atoms with Crippen LogP contribution in [0.2, 0.25) is 0 Å². The molecule has 0 spiro atoms. The van der Waals surface area contributed by atoms with Gasteiger partial charge in [-0.2, -0.15) is 0 Å². The molecule has 1 saturated carbocycles. The fourth-order valence-corrected chi connectivity index (χ4v) is 2.81. The Hall–Kier alpha value is -1.35. The summed E-state index contributed by atoms with van der Waals surface area (Å²) in [6, 6.07) is 7.87. The van der Waals surface area contributed by atoms with Crippen LogP contribution in [0.3, 0.4) is 0 Å². The van der Waals surface area contributed by atoms with E-state index in [1.165, 1.54) is 5.56 Å². The minimum Gasteiger partial charge on any atom is -0.393 e. The lowest BCUT2D eigenvalue weighted by Crippen LogP contribution is -2.32. The average Bonchev–Trinajstić information content (AvgIpc) is 2.45. The van der Waals surface area contributed by atoms with E-state index in [0.29, 0.717) is 12.5 Å². The molecule has 1 aliphatic rings. The standard InChI is InChI=1S/C18H27NO2/c1-18(2,3)15-8-6-14(7-9-15)17(21)19-12-13-4-10-16(20)11-5-13/h6-9,13,16,20H,4-5,10-12H2,1-3H3,(H,19,21). The molecule has 2 rings (SSSR count). The predicted molar refractivity (Wildman–Crippen MR) is 85.4 cm³/mol. The second-order valence-electron chi connectivity index (χ2n) is 7.21. The molecule has 0 radical (unpaired) electrons. The lowest BCUT2D eigenvalue weighted by Gasteiger charge is -2.25. The Bertz CT molecular complexity index is 465. The van der Waals surface area contributed by atoms with Gasteiger partial charge in [0.25, 0.3) is 5.91 Å². The molecule has 1 aromatic rings. The van der Waals surface area contributed by atoms with Crippen molar-refractivity contribution in [1.82, 2.24) is 5.32 Å². The molecule has 3 nitrogen and oxygen atoms in total. The second-order valence-corrected chi connectivity index (χ2v) is 7.21. The van der Waals surface area contributed by atoms with Gasteiger partial charge in [-0.1, -0.05) is 32.9 Å². The van der Waals surface area contributed by atoms with Gasteiger partial charge in [-0.25, -0.2) is 0 Å². The third-order valence-electron chi connectivity index (χ3n) is 4.38. The summed E-state index contributed by atoms with van der Waals surface area (Å²) < 4.78 is 0. The van der Waals surface area contributed by atoms with Crippen LogP contribution in [0.5, 0.6) is 0 Å². The summed E-state index contributed by atoms with van der Waals surface area (Å²) in [6.07, 6.45) is 3.60. The highest BCUT2D eigenvalue weighted by Crippen LogP contribution is 2.24. The molecule has 0 aliphatic heterocycles. The first-order valence-corrected chi connectivity index (χ1v) is 7.93. The van der Waals surface area contributed by atoms with E-state index in [9.17, 15) is 9.90 Å². The van der Waals surface area contributed by atoms with Crippen LogP contribution in [0.25, 0.3) is 0 Å². The van der Waals surface area contributed by atoms with E-state index < -0.39 is 0 Å². The van der Waals surface area contributed by atoms with E-state index in [1.54, 1.807) is 0 Å². The monoisotopic (exact) mass is 289 g/mol. The lowest BCUT2D eigenvalue weighted by molar-refractivity contribution is 0.0910. The summed E-state index contributed by atoms with van der Waals surface area (Å²) in [4.78, 5) is 12.2. The molecule has 1 aliphatic carbocycles. The summed E-state index contributed by atoms with van der Waals surface area (Å²) in [5.41, 5.74) is 2.07. The molecule has 1 amide bonds. The highest BCUT2D eigenvalue weighted by atomic mass is 16.3. The van der Waals surface area contributed by atoms with E-state index in [4.69, 9.17) is 0 Å². The fraction of sp³-hybridized carbons (Fsp3) is 0.611. The average molecular weight is 289 g/mol. The van der Waals surface area contributed by atoms with Crippen LogP contribution >= 0.6 is 0 Å². The van der Waals surface area contributed by atoms with Crippen molar-refractivity contribution >= 4 is 5.91 Å². The Morgan fingerprint density at radius 3 is 2.24 bits per heavy atom. The zero-order chi connectivity index (χ0) is 15.5. The minimum atomic E-state index is -0.137. The fourth-order valence-electron chi connectivity index (χ4n) is 2.81. The van der Waals surface area contributed by atoms with Crippen LogP contribution in [0, 0.1) is 5.92 Å². The smallest absolute Gasteiger partial charge is 0.251 e. The van der Waals surface area contributed by atoms with E-state index in [0.717, 1.165) is 31.2 Å². The Kier molecular flexibility index (Phi) is 5.04. The van der Waals surface area contributed by atoms with Gasteiger partial charge in [0.15, 0.2) is 0 Å². The van der Waals surface area contributed by atoms with E-state index in [1.807, 2.05) is 24.3 Å². The number of rotatable bonds is 3. The molecule has 1 fully saturated rings. The van der Waals surface area contributed by atoms with Crippen LogP contribution < -0.4 is 5.32 Å². The number of benzene rings is 1. The molecular formula is C18H27NO2. The van der Waals surface area contributed by atoms with Crippen LogP contribution in [0.4, 0.5) is 0 Å². The highest BCUT2D eigenvalue weighted by molar-refractivity contribution is 5.94. The minimum absolute atomic E-state index is 0.00146. The van der Waals surface area contributed by atoms with Crippen molar-refractivity contribution in [3.05, 3.63) is 35.4 Å². The predicted octanol–water partition coefficient (Wildman–Crippen LogP) is 3.27. The first kappa shape index (κ1) is 16.0. The van der Waals surface area contributed by atoms with Crippen molar-refractivity contribution in [3.63, 3.8) is 0 Å². The maximum absolute atomic E-state index is 12.2. The summed E-state index contributed by atoms with van der Waals surface area (Å²) in [5.74, 6) is 0.507. The van der Waals surface area contributed by atoms with Crippen molar-refractivity contribution in [2.75, 3.05) is 6.54 Å². The van der Waals surface area contributed by atoms with Crippen LogP contribution in [0.15, 0.2) is 24.3 Å². The van der Waals surface area contributed by atoms with E-state index in [-0.39, 0.29) is 17.4 Å². The van der Waals surface area contributed by atoms with Gasteiger partial charge in [0.1, 0.15) is 0 Å². The zero-order valence-electron chi connectivity index (χ0n) is 13.4. The molecule has 0 bridgehead atoms. The summed E-state index contributed by atoms with van der Waals surface area (Å²) in [7, 11) is 0. The van der Waals surface area contributed by atoms with Crippen LogP contribution in [-0.4, -0.2) is 23.7 Å². The Morgan fingerprint density at radius 2 is 1.71 bits per heavy atom. The van der Waals surface area contributed by atoms with Crippen molar-refractivity contribution in [2.24, 2.45) is 5.92 Å². The molecule has 0 unspecified atom stereocenters. The number of carbonyl (C=O) groups excluding carboxylic acids is 1. The Morgan fingerprint density at radius 1 is 1.14 bits per heavy atom. The molecule has 3 heteroatoms. The van der Waals surface area contributed by atoms with Gasteiger partial charge in [0, 0.05) is 12.1 Å². The summed E-state index contributed by atoms with van der Waals surface area (Å²) in [6.45, 7) is 7.21. The van der Waals surface area contributed by atoms with Gasteiger partial charge in [-0.3, -0.25) is 4.79 Å². The molecule has 1 aromatic carbocycles. The molecule has 0 aromatic heterocycles. The van der Waals surface area contributed by atoms with Gasteiger partial charge in [0.05, 0.1) is 6.10 Å². The number of hydrogen-bond acceptors (Lipinski definition) is 2. The number of carbonyl (C=O) groups is 1. The molecular weight excluding hydrogens is 262 g/mol. The highest BCUT2D eigenvalue weighted by Gasteiger charge is 2.20. The van der Waals surface area contributed by atoms with Crippen molar-refractivity contribution in [1.29, 1.82) is 0 Å². The maximum atomic E-state index is 12.2. The first-order valence-electron chi connectivity index (χ1n) is 7.93. The van der Waals surface area contributed by atoms with Gasteiger partial charge < -0.3 is 10.4 Å². The quantitative estimate of drug-likeness (QED) is 0.897. The number of hydrogen-bond donors (Lipinski definition) is 2. The zero-order valence-corrected chi connectivity index (χ0v) is 13.4. The lowest BCUT2D eigenvalue weighted by atomic mass is 9.86. The number of amides is 1. The molecule has 0 atom stereocenters. The SMILES string of the molecule is CC(C)(C)c1ccc(C(=O)NCC2CCC(O)CC2)cc1. The molecule has 0 saturated heterocycles. The molecule has 0 heterocycles. The number of aliphatic hydroxyl groups excluding tert-OH is 1. The van der Waals surface area contributed by atoms with Crippen LogP contribution in [-0.2, 0) is 5.41 Å². The summed E-state index contributed by atoms with van der Waals surface area (Å²) >= 11 is 0. The van der Waals surface area contributed by atoms with Gasteiger partial charge >= 0.3 is 0 Å². The van der Waals surface area contributed by atoms with Crippen molar-refractivity contribution in [3.8, 4) is 0 Å². The van der Waals surface area contributed by atoms with Gasteiger partial charge in [-0.15, -0.1) is 0 Å². The molecule has 21 heavy (non-hydrogen) atoms. The topological polar surface area (TPSA) is 49.3 Å². The van der Waals surface area contributed by atoms with Crippen molar-refractivity contribution < 1.29 is 9.90 Å². The molecule has 116 valence electrons. The Balaban J connectivity index is 1.86. The third-order valence-corrected chi connectivity index (χ3v) is 4.38. The van der Waals surface area contributed by atoms with E-state index in [2.05, 4.69) is 26.1 Å². The Labute approximate surface area is 127 Å². The maximum Gasteiger partial charge on any atom is 0.251 e.